The maximum atomic E-state index is 13.3. The van der Waals surface area contributed by atoms with Crippen LogP contribution in [0.3, 0.4) is 0 Å². The number of sulfonamides is 1. The van der Waals surface area contributed by atoms with E-state index >= 15 is 0 Å². The summed E-state index contributed by atoms with van der Waals surface area (Å²) in [4.78, 5) is 13.9. The Hall–Kier alpha value is -1.22. The zero-order chi connectivity index (χ0) is 18.6. The highest BCUT2D eigenvalue weighted by Crippen LogP contribution is 2.17. The number of halogens is 2. The van der Waals surface area contributed by atoms with Crippen molar-refractivity contribution in [3.63, 3.8) is 0 Å². The summed E-state index contributed by atoms with van der Waals surface area (Å²) in [7, 11) is -3.83. The number of piperidine rings is 1. The highest BCUT2D eigenvalue weighted by Gasteiger charge is 2.30. The molecule has 1 amide bonds. The molecule has 0 aliphatic carbocycles. The first-order chi connectivity index (χ1) is 11.7. The normalized spacial score (nSPS) is 19.1. The van der Waals surface area contributed by atoms with Crippen molar-refractivity contribution in [2.24, 2.45) is 11.7 Å². The smallest absolute Gasteiger partial charge is 0.240 e. The fourth-order valence-electron chi connectivity index (χ4n) is 3.04. The predicted molar refractivity (Wildman–Crippen MR) is 101 cm³/mol. The number of likely N-dealkylation sites (tertiary alicyclic amines) is 1. The molecule has 1 heterocycles. The summed E-state index contributed by atoms with van der Waals surface area (Å²) in [5, 5.41) is 0. The van der Waals surface area contributed by atoms with E-state index in [1.54, 1.807) is 4.90 Å². The highest BCUT2D eigenvalue weighted by atomic mass is 35.5. The molecule has 1 aromatic carbocycles. The SMILES string of the molecule is CC(C)C[C@H](N)C(=O)N1CCCC(NS(=O)(=O)c2cccc(F)c2)C1.Cl. The van der Waals surface area contributed by atoms with Gasteiger partial charge in [-0.15, -0.1) is 12.4 Å². The topological polar surface area (TPSA) is 92.5 Å². The minimum Gasteiger partial charge on any atom is -0.340 e. The van der Waals surface area contributed by atoms with Crippen molar-refractivity contribution in [2.45, 2.75) is 50.1 Å². The number of benzene rings is 1. The lowest BCUT2D eigenvalue weighted by Gasteiger charge is -2.34. The van der Waals surface area contributed by atoms with E-state index in [-0.39, 0.29) is 29.8 Å². The Kier molecular flexibility index (Phi) is 8.46. The van der Waals surface area contributed by atoms with Crippen LogP contribution < -0.4 is 10.5 Å². The van der Waals surface area contributed by atoms with Gasteiger partial charge in [-0.05, 0) is 43.4 Å². The average molecular weight is 408 g/mol. The second kappa shape index (κ2) is 9.64. The zero-order valence-corrected chi connectivity index (χ0v) is 16.7. The van der Waals surface area contributed by atoms with Gasteiger partial charge >= 0.3 is 0 Å². The van der Waals surface area contributed by atoms with Crippen LogP contribution in [0.4, 0.5) is 4.39 Å². The Bertz CT molecular complexity index is 715. The third-order valence-electron chi connectivity index (χ3n) is 4.20. The van der Waals surface area contributed by atoms with Crippen molar-refractivity contribution in [3.05, 3.63) is 30.1 Å². The van der Waals surface area contributed by atoms with Gasteiger partial charge in [0.2, 0.25) is 15.9 Å². The molecule has 0 saturated carbocycles. The number of rotatable bonds is 6. The molecule has 148 valence electrons. The Morgan fingerprint density at radius 2 is 2.12 bits per heavy atom. The van der Waals surface area contributed by atoms with Gasteiger partial charge in [-0.1, -0.05) is 19.9 Å². The van der Waals surface area contributed by atoms with Crippen LogP contribution in [0.5, 0.6) is 0 Å². The molecule has 1 saturated heterocycles. The minimum atomic E-state index is -3.83. The van der Waals surface area contributed by atoms with Gasteiger partial charge in [0.1, 0.15) is 5.82 Å². The molecule has 2 rings (SSSR count). The van der Waals surface area contributed by atoms with Crippen LogP contribution in [-0.4, -0.2) is 44.4 Å². The van der Waals surface area contributed by atoms with E-state index < -0.39 is 27.9 Å². The van der Waals surface area contributed by atoms with Crippen molar-refractivity contribution >= 4 is 28.3 Å². The monoisotopic (exact) mass is 407 g/mol. The van der Waals surface area contributed by atoms with Gasteiger partial charge < -0.3 is 10.6 Å². The summed E-state index contributed by atoms with van der Waals surface area (Å²) in [5.41, 5.74) is 5.96. The molecular weight excluding hydrogens is 381 g/mol. The molecule has 1 aliphatic rings. The summed E-state index contributed by atoms with van der Waals surface area (Å²) < 4.78 is 40.7. The number of carbonyl (C=O) groups is 1. The van der Waals surface area contributed by atoms with Gasteiger partial charge in [0.25, 0.3) is 0 Å². The van der Waals surface area contributed by atoms with Gasteiger partial charge in [0.05, 0.1) is 10.9 Å². The van der Waals surface area contributed by atoms with Crippen molar-refractivity contribution in [3.8, 4) is 0 Å². The number of amides is 1. The standard InChI is InChI=1S/C17H26FN3O3S.ClH/c1-12(2)9-16(19)17(22)21-8-4-6-14(11-21)20-25(23,24)15-7-3-5-13(18)10-15;/h3,5,7,10,12,14,16,20H,4,6,8-9,11,19H2,1-2H3;1H/t14?,16-;/m0./s1. The van der Waals surface area contributed by atoms with E-state index in [4.69, 9.17) is 5.73 Å². The molecule has 1 fully saturated rings. The lowest BCUT2D eigenvalue weighted by Crippen LogP contribution is -2.53. The molecule has 1 aromatic rings. The Labute approximate surface area is 160 Å². The van der Waals surface area contributed by atoms with Crippen LogP contribution in [0, 0.1) is 11.7 Å². The molecule has 0 radical (unpaired) electrons. The molecular formula is C17H27ClFN3O3S. The minimum absolute atomic E-state index is 0. The number of carbonyl (C=O) groups excluding carboxylic acids is 1. The lowest BCUT2D eigenvalue weighted by atomic mass is 10.0. The first-order valence-corrected chi connectivity index (χ1v) is 9.99. The molecule has 0 spiro atoms. The maximum absolute atomic E-state index is 13.3. The largest absolute Gasteiger partial charge is 0.340 e. The van der Waals surface area contributed by atoms with E-state index in [1.807, 2.05) is 13.8 Å². The van der Waals surface area contributed by atoms with Crippen LogP contribution >= 0.6 is 12.4 Å². The molecule has 0 bridgehead atoms. The molecule has 0 aromatic heterocycles. The van der Waals surface area contributed by atoms with E-state index in [0.29, 0.717) is 31.7 Å². The molecule has 3 N–H and O–H groups in total. The van der Waals surface area contributed by atoms with Crippen molar-refractivity contribution < 1.29 is 17.6 Å². The Morgan fingerprint density at radius 3 is 2.73 bits per heavy atom. The fraction of sp³-hybridized carbons (Fsp3) is 0.588. The fourth-order valence-corrected chi connectivity index (χ4v) is 4.33. The second-order valence-electron chi connectivity index (χ2n) is 6.94. The van der Waals surface area contributed by atoms with Gasteiger partial charge in [-0.3, -0.25) is 4.79 Å². The van der Waals surface area contributed by atoms with E-state index in [2.05, 4.69) is 4.72 Å². The third kappa shape index (κ3) is 6.19. The second-order valence-corrected chi connectivity index (χ2v) is 8.65. The van der Waals surface area contributed by atoms with Crippen LogP contribution in [0.2, 0.25) is 0 Å². The van der Waals surface area contributed by atoms with Gasteiger partial charge in [-0.2, -0.15) is 0 Å². The van der Waals surface area contributed by atoms with Crippen molar-refractivity contribution in [1.82, 2.24) is 9.62 Å². The zero-order valence-electron chi connectivity index (χ0n) is 15.0. The first kappa shape index (κ1) is 22.8. The number of nitrogens with zero attached hydrogens (tertiary/aromatic N) is 1. The molecule has 2 atom stereocenters. The molecule has 6 nitrogen and oxygen atoms in total. The summed E-state index contributed by atoms with van der Waals surface area (Å²) in [6, 6.07) is 3.89. The van der Waals surface area contributed by atoms with Crippen molar-refractivity contribution in [1.29, 1.82) is 0 Å². The first-order valence-electron chi connectivity index (χ1n) is 8.51. The molecule has 1 unspecified atom stereocenters. The highest BCUT2D eigenvalue weighted by molar-refractivity contribution is 7.89. The number of nitrogens with one attached hydrogen (secondary N) is 1. The quantitative estimate of drug-likeness (QED) is 0.753. The number of nitrogens with two attached hydrogens (primary N) is 1. The van der Waals surface area contributed by atoms with Crippen LogP contribution in [0.1, 0.15) is 33.1 Å². The molecule has 26 heavy (non-hydrogen) atoms. The predicted octanol–water partition coefficient (Wildman–Crippen LogP) is 1.89. The summed E-state index contributed by atoms with van der Waals surface area (Å²) in [6.07, 6.45) is 1.91. The van der Waals surface area contributed by atoms with E-state index in [9.17, 15) is 17.6 Å². The molecule has 1 aliphatic heterocycles. The number of hydrogen-bond donors (Lipinski definition) is 2. The maximum Gasteiger partial charge on any atom is 0.240 e. The Morgan fingerprint density at radius 1 is 1.42 bits per heavy atom. The lowest BCUT2D eigenvalue weighted by molar-refractivity contribution is -0.134. The van der Waals surface area contributed by atoms with E-state index in [1.165, 1.54) is 18.2 Å². The van der Waals surface area contributed by atoms with Crippen LogP contribution in [-0.2, 0) is 14.8 Å². The van der Waals surface area contributed by atoms with Gasteiger partial charge in [0, 0.05) is 19.1 Å². The van der Waals surface area contributed by atoms with E-state index in [0.717, 1.165) is 6.07 Å². The average Bonchev–Trinajstić information content (AvgIpc) is 2.53. The summed E-state index contributed by atoms with van der Waals surface area (Å²) >= 11 is 0. The van der Waals surface area contributed by atoms with Crippen LogP contribution in [0.15, 0.2) is 29.2 Å². The Balaban J connectivity index is 0.00000338. The summed E-state index contributed by atoms with van der Waals surface area (Å²) in [6.45, 7) is 4.85. The van der Waals surface area contributed by atoms with Crippen LogP contribution in [0.25, 0.3) is 0 Å². The van der Waals surface area contributed by atoms with Gasteiger partial charge in [0.15, 0.2) is 0 Å². The number of hydrogen-bond acceptors (Lipinski definition) is 4. The third-order valence-corrected chi connectivity index (χ3v) is 5.72. The van der Waals surface area contributed by atoms with Gasteiger partial charge in [-0.25, -0.2) is 17.5 Å². The molecule has 9 heteroatoms. The van der Waals surface area contributed by atoms with Crippen molar-refractivity contribution in [2.75, 3.05) is 13.1 Å². The summed E-state index contributed by atoms with van der Waals surface area (Å²) in [5.74, 6) is -0.447.